The van der Waals surface area contributed by atoms with E-state index in [1.807, 2.05) is 91.0 Å². The van der Waals surface area contributed by atoms with Gasteiger partial charge >= 0.3 is 5.97 Å². The van der Waals surface area contributed by atoms with Crippen LogP contribution in [0.4, 0.5) is 0 Å². The first-order chi connectivity index (χ1) is 36.7. The van der Waals surface area contributed by atoms with Crippen molar-refractivity contribution in [2.75, 3.05) is 34.0 Å². The van der Waals surface area contributed by atoms with Gasteiger partial charge in [0, 0.05) is 45.4 Å². The van der Waals surface area contributed by atoms with E-state index in [1.54, 1.807) is 34.0 Å². The van der Waals surface area contributed by atoms with Gasteiger partial charge in [0.25, 0.3) is 11.7 Å². The summed E-state index contributed by atoms with van der Waals surface area (Å²) < 4.78 is 29.1. The highest BCUT2D eigenvalue weighted by Gasteiger charge is 2.51. The van der Waals surface area contributed by atoms with Crippen molar-refractivity contribution in [1.29, 1.82) is 0 Å². The molecule has 3 N–H and O–H groups in total. The minimum atomic E-state index is -2.28. The van der Waals surface area contributed by atoms with Crippen LogP contribution in [-0.2, 0) is 54.1 Å². The third-order valence-corrected chi connectivity index (χ3v) is 15.7. The maximum absolute atomic E-state index is 14.2. The minimum Gasteiger partial charge on any atom is -0.460 e. The van der Waals surface area contributed by atoms with Crippen molar-refractivity contribution in [1.82, 2.24) is 4.90 Å². The number of aliphatic hydroxyl groups excluding tert-OH is 2. The Morgan fingerprint density at radius 3 is 2.25 bits per heavy atom. The van der Waals surface area contributed by atoms with Crippen molar-refractivity contribution >= 4 is 29.2 Å². The smallest absolute Gasteiger partial charge is 0.329 e. The molecule has 0 spiro atoms. The second kappa shape index (κ2) is 35.5. The molecule has 436 valence electrons. The van der Waals surface area contributed by atoms with Gasteiger partial charge in [-0.15, -0.1) is 0 Å². The molecule has 1 saturated carbocycles. The summed E-state index contributed by atoms with van der Waals surface area (Å²) in [6.07, 6.45) is 15.4. The molecule has 1 aliphatic carbocycles. The van der Waals surface area contributed by atoms with Crippen LogP contribution in [0.1, 0.15) is 172 Å². The van der Waals surface area contributed by atoms with Crippen molar-refractivity contribution in [3.8, 4) is 0 Å². The maximum atomic E-state index is 14.2. The predicted molar refractivity (Wildman–Crippen MR) is 304 cm³/mol. The molecule has 0 bridgehead atoms. The van der Waals surface area contributed by atoms with Crippen LogP contribution in [0.25, 0.3) is 0 Å². The predicted octanol–water partition coefficient (Wildman–Crippen LogP) is 10.6. The number of methoxy groups -OCH3 is 2. The molecule has 4 rings (SSSR count). The van der Waals surface area contributed by atoms with Crippen LogP contribution in [0, 0.1) is 29.6 Å². The lowest BCUT2D eigenvalue weighted by Crippen LogP contribution is -2.59. The van der Waals surface area contributed by atoms with Crippen LogP contribution < -0.4 is 0 Å². The Morgan fingerprint density at radius 2 is 1.61 bits per heavy atom. The fourth-order valence-electron chi connectivity index (χ4n) is 10.8. The lowest BCUT2D eigenvalue weighted by atomic mass is 9.78. The number of aliphatic hydroxyl groups is 3. The molecule has 3 fully saturated rings. The summed E-state index contributed by atoms with van der Waals surface area (Å²) in [4.78, 5) is 70.6. The van der Waals surface area contributed by atoms with E-state index in [9.17, 15) is 39.3 Å². The number of allylic oxidation sites excluding steroid dienone is 6. The third kappa shape index (κ3) is 20.8. The molecule has 3 aliphatic rings. The van der Waals surface area contributed by atoms with Crippen LogP contribution in [-0.4, -0.2) is 131 Å². The van der Waals surface area contributed by atoms with Gasteiger partial charge in [-0.05, 0) is 132 Å². The van der Waals surface area contributed by atoms with E-state index in [0.717, 1.165) is 24.8 Å². The summed E-state index contributed by atoms with van der Waals surface area (Å²) in [5.74, 6) is -6.93. The number of likely N-dealkylation sites (tertiary alicyclic amines) is 1. The molecule has 1 aromatic rings. The summed E-state index contributed by atoms with van der Waals surface area (Å²) in [5, 5.41) is 33.3. The molecule has 14 nitrogen and oxygen atoms in total. The van der Waals surface area contributed by atoms with Gasteiger partial charge in [0.2, 0.25) is 5.79 Å². The molecule has 13 atom stereocenters. The number of benzene rings is 1. The molecular formula is C63H101NO13. The third-order valence-electron chi connectivity index (χ3n) is 15.7. The van der Waals surface area contributed by atoms with Gasteiger partial charge in [-0.25, -0.2) is 4.79 Å². The van der Waals surface area contributed by atoms with Gasteiger partial charge in [-0.3, -0.25) is 19.2 Å². The molecule has 0 aromatic heterocycles. The van der Waals surface area contributed by atoms with Gasteiger partial charge in [0.15, 0.2) is 11.4 Å². The van der Waals surface area contributed by atoms with E-state index < -0.39 is 65.2 Å². The van der Waals surface area contributed by atoms with Crippen molar-refractivity contribution < 1.29 is 63.0 Å². The Hall–Kier alpha value is -4.15. The Morgan fingerprint density at radius 1 is 0.922 bits per heavy atom. The van der Waals surface area contributed by atoms with Crippen molar-refractivity contribution in [3.05, 3.63) is 83.5 Å². The van der Waals surface area contributed by atoms with E-state index in [2.05, 4.69) is 32.1 Å². The Balaban J connectivity index is 0.00000495. The number of carbonyl (C=O) groups is 5. The van der Waals surface area contributed by atoms with Crippen LogP contribution in [0.15, 0.2) is 77.9 Å². The van der Waals surface area contributed by atoms with Crippen molar-refractivity contribution in [3.63, 3.8) is 0 Å². The van der Waals surface area contributed by atoms with E-state index in [0.29, 0.717) is 63.5 Å². The number of nitrogens with zero attached hydrogens (tertiary/aromatic N) is 1. The number of esters is 1. The van der Waals surface area contributed by atoms with Crippen LogP contribution in [0.2, 0.25) is 0 Å². The highest BCUT2D eigenvalue weighted by molar-refractivity contribution is 6.39. The Kier molecular flexibility index (Phi) is 31.8. The first-order valence-corrected chi connectivity index (χ1v) is 29.0. The number of hydrogen-bond acceptors (Lipinski definition) is 13. The summed E-state index contributed by atoms with van der Waals surface area (Å²) in [7, 11) is 2.95. The van der Waals surface area contributed by atoms with Crippen molar-refractivity contribution in [2.24, 2.45) is 29.6 Å². The molecule has 7 unspecified atom stereocenters. The van der Waals surface area contributed by atoms with Gasteiger partial charge in [0.1, 0.15) is 24.0 Å². The summed E-state index contributed by atoms with van der Waals surface area (Å²) >= 11 is 0. The van der Waals surface area contributed by atoms with E-state index in [4.69, 9.17) is 23.7 Å². The lowest BCUT2D eigenvalue weighted by Gasteiger charge is -2.39. The highest BCUT2D eigenvalue weighted by Crippen LogP contribution is 2.35. The number of piperidine rings is 1. The fraction of sp³-hybridized carbons (Fsp3) is 0.698. The largest absolute Gasteiger partial charge is 0.460 e. The second-order valence-corrected chi connectivity index (χ2v) is 21.4. The molecule has 1 aromatic carbocycles. The number of hydrogen-bond donors (Lipinski definition) is 3. The SMILES string of the molecule is CC.CC.CCC(OCCc1ccccc1)/C(C)=C/C=C/C=C[C@@H](C)CC(C)C(=O)[C@@](C)(OC)C(O)/C(C)=C/CC(=O)C[C@H](OC(=O)C1CCCCN1C(=O)C(=O)C1(O)OCCCC1C)[C@H](C)C[C@@H]1CCC(O)[C@H](OC)C1. The van der Waals surface area contributed by atoms with Gasteiger partial charge in [-0.1, -0.05) is 129 Å². The van der Waals surface area contributed by atoms with Crippen molar-refractivity contribution in [2.45, 2.75) is 221 Å². The molecule has 2 heterocycles. The van der Waals surface area contributed by atoms with Crippen LogP contribution in [0.5, 0.6) is 0 Å². The number of carbonyl (C=O) groups excluding carboxylic acids is 5. The van der Waals surface area contributed by atoms with Gasteiger partial charge in [-0.2, -0.15) is 0 Å². The highest BCUT2D eigenvalue weighted by atomic mass is 16.6. The van der Waals surface area contributed by atoms with Gasteiger partial charge < -0.3 is 43.9 Å². The average Bonchev–Trinajstić information content (AvgIpc) is 3.45. The summed E-state index contributed by atoms with van der Waals surface area (Å²) in [5.41, 5.74) is 1.16. The standard InChI is InChI=1S/C59H89NO13.2C2H6/c1-11-50(71-34-31-45-24-16-13-17-25-45)40(3)22-15-12-14-21-39(2)35-43(6)54(64)58(8,70-10)53(63)41(4)27-29-47(61)38-51(42(5)36-46-28-30-49(62)52(37-46)69-9)73-57(67)48-26-18-19-32-60(48)56(66)55(65)59(68)44(7)23-20-33-72-59;2*1-2/h12-17,21-22,24-25,27,39,42-44,46,48-53,62-63,68H,11,18-20,23,26,28-38H2,1-10H3;2*1-2H3/b15-12+,21-14?,40-22+,41-27+;;/t39-,42-,43?,44?,46+,48?,49?,50?,51+,52-,53?,58+,59?;;/m1../s1. The number of amides is 1. The molecular weight excluding hydrogens is 979 g/mol. The fourth-order valence-corrected chi connectivity index (χ4v) is 10.8. The Labute approximate surface area is 463 Å². The Bertz CT molecular complexity index is 2070. The van der Waals surface area contributed by atoms with Gasteiger partial charge in [0.05, 0.1) is 31.5 Å². The topological polar surface area (TPSA) is 195 Å². The second-order valence-electron chi connectivity index (χ2n) is 21.4. The molecule has 1 amide bonds. The zero-order chi connectivity index (χ0) is 57.9. The summed E-state index contributed by atoms with van der Waals surface area (Å²) in [6, 6.07) is 9.19. The zero-order valence-electron chi connectivity index (χ0n) is 49.6. The monoisotopic (exact) mass is 1080 g/mol. The molecule has 77 heavy (non-hydrogen) atoms. The average molecular weight is 1080 g/mol. The number of Topliss-reactive ketones (excluding diaryl/α,β-unsaturated/α-hetero) is 3. The molecule has 2 aliphatic heterocycles. The minimum absolute atomic E-state index is 0.0346. The van der Waals surface area contributed by atoms with E-state index in [-0.39, 0.29) is 73.9 Å². The van der Waals surface area contributed by atoms with E-state index >= 15 is 0 Å². The number of ketones is 3. The molecule has 2 saturated heterocycles. The summed E-state index contributed by atoms with van der Waals surface area (Å²) in [6.45, 7) is 23.7. The quantitative estimate of drug-likeness (QED) is 0.0311. The normalized spacial score (nSPS) is 25.4. The first-order valence-electron chi connectivity index (χ1n) is 29.0. The zero-order valence-corrected chi connectivity index (χ0v) is 49.6. The number of ether oxygens (including phenoxy) is 5. The first kappa shape index (κ1) is 69.0. The molecule has 0 radical (unpaired) electrons. The number of rotatable bonds is 28. The lowest BCUT2D eigenvalue weighted by molar-refractivity contribution is -0.241. The van der Waals surface area contributed by atoms with E-state index in [1.165, 1.54) is 17.6 Å². The van der Waals surface area contributed by atoms with Crippen LogP contribution >= 0.6 is 0 Å². The molecule has 14 heteroatoms. The van der Waals surface area contributed by atoms with Crippen LogP contribution in [0.3, 0.4) is 0 Å². The maximum Gasteiger partial charge on any atom is 0.329 e.